The largest absolute Gasteiger partial charge is 0.392 e. The van der Waals surface area contributed by atoms with Crippen molar-refractivity contribution >= 4 is 5.91 Å². The molecule has 1 aliphatic rings. The van der Waals surface area contributed by atoms with Crippen LogP contribution in [-0.4, -0.2) is 35.6 Å². The molecule has 2 N–H and O–H groups in total. The van der Waals surface area contributed by atoms with Crippen molar-refractivity contribution in [2.24, 2.45) is 0 Å². The highest BCUT2D eigenvalue weighted by Crippen LogP contribution is 2.38. The molecule has 0 saturated carbocycles. The van der Waals surface area contributed by atoms with Crippen molar-refractivity contribution in [2.45, 2.75) is 58.0 Å². The lowest BCUT2D eigenvalue weighted by molar-refractivity contribution is -0.253. The molecule has 1 amide bonds. The van der Waals surface area contributed by atoms with Gasteiger partial charge in [-0.15, -0.1) is 0 Å². The molecule has 0 unspecified atom stereocenters. The van der Waals surface area contributed by atoms with Gasteiger partial charge in [0.2, 0.25) is 5.91 Å². The summed E-state index contributed by atoms with van der Waals surface area (Å²) < 4.78 is 12.9. The number of carbonyl (C=O) groups excluding carboxylic acids is 1. The third-order valence-corrected chi connectivity index (χ3v) is 6.84. The SMILES string of the molecule is CC(=O)NCc1ccc([C@@H]2O[C@H](CN(C)[C@@H](C)c3ccccc3)C[C@H](c3ccc(CO)cc3)O2)cc1. The molecule has 0 spiro atoms. The first-order chi connectivity index (χ1) is 17.4. The van der Waals surface area contributed by atoms with Crippen molar-refractivity contribution in [1.29, 1.82) is 0 Å². The normalized spacial score (nSPS) is 20.8. The molecular formula is C30H36N2O4. The Morgan fingerprint density at radius 2 is 1.61 bits per heavy atom. The van der Waals surface area contributed by atoms with Crippen LogP contribution >= 0.6 is 0 Å². The lowest BCUT2D eigenvalue weighted by Gasteiger charge is -2.39. The van der Waals surface area contributed by atoms with Crippen molar-refractivity contribution in [3.8, 4) is 0 Å². The van der Waals surface area contributed by atoms with E-state index in [1.165, 1.54) is 12.5 Å². The van der Waals surface area contributed by atoms with Crippen LogP contribution in [0.1, 0.15) is 66.5 Å². The van der Waals surface area contributed by atoms with Gasteiger partial charge in [0.15, 0.2) is 6.29 Å². The van der Waals surface area contributed by atoms with Crippen LogP contribution in [0, 0.1) is 0 Å². The number of nitrogens with one attached hydrogen (secondary N) is 1. The number of carbonyl (C=O) groups is 1. The van der Waals surface area contributed by atoms with Gasteiger partial charge in [0, 0.05) is 38.0 Å². The fourth-order valence-corrected chi connectivity index (χ4v) is 4.52. The first-order valence-corrected chi connectivity index (χ1v) is 12.5. The molecule has 36 heavy (non-hydrogen) atoms. The molecule has 1 fully saturated rings. The molecule has 6 nitrogen and oxygen atoms in total. The fraction of sp³-hybridized carbons (Fsp3) is 0.367. The molecule has 6 heteroatoms. The van der Waals surface area contributed by atoms with E-state index in [2.05, 4.69) is 48.5 Å². The molecular weight excluding hydrogens is 452 g/mol. The van der Waals surface area contributed by atoms with Crippen LogP contribution in [0.4, 0.5) is 0 Å². The Balaban J connectivity index is 1.51. The summed E-state index contributed by atoms with van der Waals surface area (Å²) in [6.45, 7) is 5.01. The molecule has 3 aromatic carbocycles. The summed E-state index contributed by atoms with van der Waals surface area (Å²) in [7, 11) is 2.13. The Labute approximate surface area is 213 Å². The van der Waals surface area contributed by atoms with Crippen LogP contribution in [0.3, 0.4) is 0 Å². The van der Waals surface area contributed by atoms with E-state index < -0.39 is 6.29 Å². The zero-order valence-electron chi connectivity index (χ0n) is 21.3. The highest BCUT2D eigenvalue weighted by atomic mass is 16.7. The molecule has 1 heterocycles. The van der Waals surface area contributed by atoms with E-state index in [1.54, 1.807) is 0 Å². The molecule has 4 atom stereocenters. The van der Waals surface area contributed by atoms with Crippen molar-refractivity contribution in [2.75, 3.05) is 13.6 Å². The number of rotatable bonds is 9. The molecule has 4 rings (SSSR count). The second kappa shape index (κ2) is 12.3. The van der Waals surface area contributed by atoms with Crippen molar-refractivity contribution < 1.29 is 19.4 Å². The Kier molecular flexibility index (Phi) is 8.88. The minimum atomic E-state index is -0.499. The van der Waals surface area contributed by atoms with E-state index >= 15 is 0 Å². The zero-order chi connectivity index (χ0) is 25.5. The van der Waals surface area contributed by atoms with Gasteiger partial charge in [0.25, 0.3) is 0 Å². The van der Waals surface area contributed by atoms with Crippen LogP contribution < -0.4 is 5.32 Å². The molecule has 0 radical (unpaired) electrons. The van der Waals surface area contributed by atoms with E-state index in [1.807, 2.05) is 54.6 Å². The summed E-state index contributed by atoms with van der Waals surface area (Å²) in [5, 5.41) is 12.3. The first kappa shape index (κ1) is 26.0. The smallest absolute Gasteiger partial charge is 0.217 e. The van der Waals surface area contributed by atoms with Gasteiger partial charge in [-0.25, -0.2) is 0 Å². The number of hydrogen-bond acceptors (Lipinski definition) is 5. The molecule has 0 aromatic heterocycles. The molecule has 0 aliphatic carbocycles. The average molecular weight is 489 g/mol. The topological polar surface area (TPSA) is 71.0 Å². The standard InChI is InChI=1S/C30H36N2O4/c1-21(25-7-5-4-6-8-25)32(3)19-28-17-29(26-13-11-24(20-33)12-14-26)36-30(35-28)27-15-9-23(10-16-27)18-31-22(2)34/h4-16,21,28-30,33H,17-20H2,1-3H3,(H,31,34)/t21-,28-,29+,30+/m0/s1. The Morgan fingerprint density at radius 3 is 2.25 bits per heavy atom. The maximum Gasteiger partial charge on any atom is 0.217 e. The molecule has 190 valence electrons. The Morgan fingerprint density at radius 1 is 0.972 bits per heavy atom. The monoisotopic (exact) mass is 488 g/mol. The number of benzene rings is 3. The first-order valence-electron chi connectivity index (χ1n) is 12.5. The molecule has 0 bridgehead atoms. The highest BCUT2D eigenvalue weighted by Gasteiger charge is 2.33. The zero-order valence-corrected chi connectivity index (χ0v) is 21.3. The van der Waals surface area contributed by atoms with Crippen molar-refractivity contribution in [3.05, 3.63) is 107 Å². The molecule has 3 aromatic rings. The molecule has 1 aliphatic heterocycles. The third kappa shape index (κ3) is 6.80. The van der Waals surface area contributed by atoms with Gasteiger partial charge in [-0.2, -0.15) is 0 Å². The van der Waals surface area contributed by atoms with Crippen LogP contribution in [0.5, 0.6) is 0 Å². The van der Waals surface area contributed by atoms with Crippen LogP contribution in [0.15, 0.2) is 78.9 Å². The van der Waals surface area contributed by atoms with Gasteiger partial charge in [0.1, 0.15) is 0 Å². The van der Waals surface area contributed by atoms with Gasteiger partial charge >= 0.3 is 0 Å². The van der Waals surface area contributed by atoms with Gasteiger partial charge in [0.05, 0.1) is 18.8 Å². The highest BCUT2D eigenvalue weighted by molar-refractivity contribution is 5.72. The summed E-state index contributed by atoms with van der Waals surface area (Å²) in [6, 6.07) is 26.7. The van der Waals surface area contributed by atoms with E-state index in [4.69, 9.17) is 9.47 Å². The number of aliphatic hydroxyl groups is 1. The Bertz CT molecular complexity index is 1100. The fourth-order valence-electron chi connectivity index (χ4n) is 4.52. The number of ether oxygens (including phenoxy) is 2. The number of hydrogen-bond donors (Lipinski definition) is 2. The summed E-state index contributed by atoms with van der Waals surface area (Å²) in [5.74, 6) is -0.0511. The number of nitrogens with zero attached hydrogens (tertiary/aromatic N) is 1. The molecule has 1 saturated heterocycles. The van der Waals surface area contributed by atoms with E-state index in [-0.39, 0.29) is 30.8 Å². The van der Waals surface area contributed by atoms with Crippen LogP contribution in [0.25, 0.3) is 0 Å². The summed E-state index contributed by atoms with van der Waals surface area (Å²) in [5.41, 5.74) is 5.20. The Hall–Kier alpha value is -3.03. The predicted octanol–water partition coefficient (Wildman–Crippen LogP) is 5.05. The summed E-state index contributed by atoms with van der Waals surface area (Å²) in [4.78, 5) is 13.6. The van der Waals surface area contributed by atoms with Gasteiger partial charge in [-0.1, -0.05) is 78.9 Å². The predicted molar refractivity (Wildman–Crippen MR) is 140 cm³/mol. The minimum Gasteiger partial charge on any atom is -0.392 e. The van der Waals surface area contributed by atoms with Gasteiger partial charge in [-0.3, -0.25) is 9.69 Å². The number of amides is 1. The second-order valence-electron chi connectivity index (χ2n) is 9.53. The minimum absolute atomic E-state index is 0.0210. The summed E-state index contributed by atoms with van der Waals surface area (Å²) >= 11 is 0. The lowest BCUT2D eigenvalue weighted by atomic mass is 9.99. The third-order valence-electron chi connectivity index (χ3n) is 6.84. The van der Waals surface area contributed by atoms with E-state index in [9.17, 15) is 9.90 Å². The van der Waals surface area contributed by atoms with Crippen molar-refractivity contribution in [1.82, 2.24) is 10.2 Å². The number of aliphatic hydroxyl groups excluding tert-OH is 1. The van der Waals surface area contributed by atoms with E-state index in [0.717, 1.165) is 35.2 Å². The van der Waals surface area contributed by atoms with Gasteiger partial charge < -0.3 is 19.9 Å². The summed E-state index contributed by atoms with van der Waals surface area (Å²) in [6.07, 6.45) is 0.0884. The lowest BCUT2D eigenvalue weighted by Crippen LogP contribution is -2.38. The number of likely N-dealkylation sites (N-methyl/N-ethyl adjacent to an activating group) is 1. The van der Waals surface area contributed by atoms with E-state index in [0.29, 0.717) is 6.54 Å². The second-order valence-corrected chi connectivity index (χ2v) is 9.53. The maximum absolute atomic E-state index is 11.2. The van der Waals surface area contributed by atoms with Crippen LogP contribution in [0.2, 0.25) is 0 Å². The van der Waals surface area contributed by atoms with Crippen LogP contribution in [-0.2, 0) is 27.4 Å². The quantitative estimate of drug-likeness (QED) is 0.441. The average Bonchev–Trinajstić information content (AvgIpc) is 2.92. The maximum atomic E-state index is 11.2. The van der Waals surface area contributed by atoms with Gasteiger partial charge in [-0.05, 0) is 36.2 Å². The van der Waals surface area contributed by atoms with Crippen molar-refractivity contribution in [3.63, 3.8) is 0 Å².